The van der Waals surface area contributed by atoms with E-state index in [4.69, 9.17) is 0 Å². The topological polar surface area (TPSA) is 53.4 Å². The Morgan fingerprint density at radius 1 is 1.11 bits per heavy atom. The zero-order valence-corrected chi connectivity index (χ0v) is 16.0. The second-order valence-electron chi connectivity index (χ2n) is 7.40. The Labute approximate surface area is 165 Å². The highest BCUT2D eigenvalue weighted by molar-refractivity contribution is 5.96. The molecular formula is C24H24N2O2. The fourth-order valence-electron chi connectivity index (χ4n) is 3.96. The van der Waals surface area contributed by atoms with Gasteiger partial charge in [0.05, 0.1) is 6.04 Å². The number of carbonyl (C=O) groups excluding carboxylic acids is 1. The molecule has 0 aliphatic carbocycles. The SMILES string of the molecule is Cc1ccc(O)c(-c2cccc(C(=O)N3CCCC[C@H]3c3cccnc3)c2)c1. The normalized spacial score (nSPS) is 16.8. The summed E-state index contributed by atoms with van der Waals surface area (Å²) < 4.78 is 0. The lowest BCUT2D eigenvalue weighted by molar-refractivity contribution is 0.0611. The number of likely N-dealkylation sites (tertiary alicyclic amines) is 1. The first-order valence-electron chi connectivity index (χ1n) is 9.74. The number of rotatable bonds is 3. The second kappa shape index (κ2) is 7.85. The van der Waals surface area contributed by atoms with Gasteiger partial charge in [-0.25, -0.2) is 0 Å². The second-order valence-corrected chi connectivity index (χ2v) is 7.40. The van der Waals surface area contributed by atoms with E-state index < -0.39 is 0 Å². The van der Waals surface area contributed by atoms with Crippen molar-refractivity contribution in [1.29, 1.82) is 0 Å². The molecule has 1 atom stereocenters. The predicted octanol–water partition coefficient (Wildman–Crippen LogP) is 5.13. The number of hydrogen-bond acceptors (Lipinski definition) is 3. The number of benzene rings is 2. The third-order valence-corrected chi connectivity index (χ3v) is 5.41. The molecule has 0 radical (unpaired) electrons. The molecule has 4 heteroatoms. The Morgan fingerprint density at radius 3 is 2.82 bits per heavy atom. The molecular weight excluding hydrogens is 348 g/mol. The van der Waals surface area contributed by atoms with E-state index in [0.29, 0.717) is 5.56 Å². The van der Waals surface area contributed by atoms with Crippen LogP contribution < -0.4 is 0 Å². The largest absolute Gasteiger partial charge is 0.507 e. The molecule has 1 aromatic heterocycles. The van der Waals surface area contributed by atoms with E-state index in [1.807, 2.05) is 66.6 Å². The van der Waals surface area contributed by atoms with Crippen molar-refractivity contribution in [2.24, 2.45) is 0 Å². The van der Waals surface area contributed by atoms with Crippen LogP contribution in [-0.2, 0) is 0 Å². The monoisotopic (exact) mass is 372 g/mol. The summed E-state index contributed by atoms with van der Waals surface area (Å²) in [5.41, 5.74) is 4.40. The summed E-state index contributed by atoms with van der Waals surface area (Å²) in [4.78, 5) is 19.6. The highest BCUT2D eigenvalue weighted by Crippen LogP contribution is 2.34. The van der Waals surface area contributed by atoms with Crippen molar-refractivity contribution < 1.29 is 9.90 Å². The molecule has 1 N–H and O–H groups in total. The van der Waals surface area contributed by atoms with Gasteiger partial charge in [-0.3, -0.25) is 9.78 Å². The highest BCUT2D eigenvalue weighted by atomic mass is 16.3. The summed E-state index contributed by atoms with van der Waals surface area (Å²) in [6.45, 7) is 2.74. The minimum atomic E-state index is 0.0301. The maximum atomic E-state index is 13.4. The maximum absolute atomic E-state index is 13.4. The predicted molar refractivity (Wildman–Crippen MR) is 110 cm³/mol. The van der Waals surface area contributed by atoms with Crippen molar-refractivity contribution >= 4 is 5.91 Å². The number of carbonyl (C=O) groups is 1. The van der Waals surface area contributed by atoms with Crippen LogP contribution in [0.2, 0.25) is 0 Å². The van der Waals surface area contributed by atoms with Gasteiger partial charge < -0.3 is 10.0 Å². The number of amides is 1. The first-order valence-corrected chi connectivity index (χ1v) is 9.74. The molecule has 4 nitrogen and oxygen atoms in total. The van der Waals surface area contributed by atoms with Gasteiger partial charge in [0.2, 0.25) is 0 Å². The van der Waals surface area contributed by atoms with Crippen molar-refractivity contribution in [2.45, 2.75) is 32.2 Å². The molecule has 0 bridgehead atoms. The van der Waals surface area contributed by atoms with Crippen molar-refractivity contribution in [2.75, 3.05) is 6.54 Å². The fraction of sp³-hybridized carbons (Fsp3) is 0.250. The Balaban J connectivity index is 1.67. The van der Waals surface area contributed by atoms with Crippen LogP contribution in [-0.4, -0.2) is 27.4 Å². The quantitative estimate of drug-likeness (QED) is 0.693. The molecule has 1 amide bonds. The fourth-order valence-corrected chi connectivity index (χ4v) is 3.96. The van der Waals surface area contributed by atoms with Crippen LogP contribution in [0.5, 0.6) is 5.75 Å². The van der Waals surface area contributed by atoms with Crippen molar-refractivity contribution in [3.05, 3.63) is 83.7 Å². The van der Waals surface area contributed by atoms with E-state index >= 15 is 0 Å². The van der Waals surface area contributed by atoms with E-state index in [1.54, 1.807) is 12.3 Å². The summed E-state index contributed by atoms with van der Waals surface area (Å²) in [5, 5.41) is 10.3. The van der Waals surface area contributed by atoms with Gasteiger partial charge in [0, 0.05) is 30.1 Å². The summed E-state index contributed by atoms with van der Waals surface area (Å²) in [6.07, 6.45) is 6.70. The molecule has 1 fully saturated rings. The summed E-state index contributed by atoms with van der Waals surface area (Å²) >= 11 is 0. The first kappa shape index (κ1) is 18.2. The van der Waals surface area contributed by atoms with Crippen LogP contribution in [0.3, 0.4) is 0 Å². The lowest BCUT2D eigenvalue weighted by Gasteiger charge is -2.36. The number of nitrogens with zero attached hydrogens (tertiary/aromatic N) is 2. The van der Waals surface area contributed by atoms with Crippen LogP contribution in [0.25, 0.3) is 11.1 Å². The van der Waals surface area contributed by atoms with Gasteiger partial charge in [-0.1, -0.05) is 29.8 Å². The van der Waals surface area contributed by atoms with Crippen LogP contribution in [0, 0.1) is 6.92 Å². The maximum Gasteiger partial charge on any atom is 0.254 e. The summed E-state index contributed by atoms with van der Waals surface area (Å²) in [6, 6.07) is 17.1. The van der Waals surface area contributed by atoms with Gasteiger partial charge in [-0.15, -0.1) is 0 Å². The number of phenolic OH excluding ortho intramolecular Hbond substituents is 1. The first-order chi connectivity index (χ1) is 13.6. The Kier molecular flexibility index (Phi) is 5.11. The van der Waals surface area contributed by atoms with Crippen molar-refractivity contribution in [3.8, 4) is 16.9 Å². The molecule has 142 valence electrons. The van der Waals surface area contributed by atoms with E-state index in [9.17, 15) is 9.90 Å². The lowest BCUT2D eigenvalue weighted by Crippen LogP contribution is -2.38. The molecule has 1 aliphatic heterocycles. The molecule has 28 heavy (non-hydrogen) atoms. The average molecular weight is 372 g/mol. The minimum Gasteiger partial charge on any atom is -0.507 e. The van der Waals surface area contributed by atoms with Crippen molar-refractivity contribution in [3.63, 3.8) is 0 Å². The molecule has 0 spiro atoms. The van der Waals surface area contributed by atoms with Gasteiger partial charge in [0.1, 0.15) is 5.75 Å². The molecule has 3 aromatic rings. The number of hydrogen-bond donors (Lipinski definition) is 1. The number of aromatic hydroxyl groups is 1. The van der Waals surface area contributed by atoms with E-state index in [2.05, 4.69) is 4.98 Å². The zero-order valence-electron chi connectivity index (χ0n) is 16.0. The van der Waals surface area contributed by atoms with E-state index in [1.165, 1.54) is 0 Å². The van der Waals surface area contributed by atoms with Gasteiger partial charge >= 0.3 is 0 Å². The number of aryl methyl sites for hydroxylation is 1. The summed E-state index contributed by atoms with van der Waals surface area (Å²) in [5.74, 6) is 0.254. The molecule has 4 rings (SSSR count). The smallest absolute Gasteiger partial charge is 0.254 e. The van der Waals surface area contributed by atoms with Gasteiger partial charge in [-0.05, 0) is 67.6 Å². The van der Waals surface area contributed by atoms with Crippen LogP contribution in [0.1, 0.15) is 46.8 Å². The Hall–Kier alpha value is -3.14. The molecule has 0 saturated carbocycles. The number of phenols is 1. The highest BCUT2D eigenvalue weighted by Gasteiger charge is 2.29. The molecule has 2 heterocycles. The van der Waals surface area contributed by atoms with Crippen LogP contribution in [0.15, 0.2) is 67.0 Å². The van der Waals surface area contributed by atoms with Crippen molar-refractivity contribution in [1.82, 2.24) is 9.88 Å². The third-order valence-electron chi connectivity index (χ3n) is 5.41. The van der Waals surface area contributed by atoms with E-state index in [-0.39, 0.29) is 17.7 Å². The summed E-state index contributed by atoms with van der Waals surface area (Å²) in [7, 11) is 0. The minimum absolute atomic E-state index is 0.0301. The van der Waals surface area contributed by atoms with Gasteiger partial charge in [0.15, 0.2) is 0 Å². The average Bonchev–Trinajstić information content (AvgIpc) is 2.75. The number of piperidine rings is 1. The Morgan fingerprint density at radius 2 is 2.00 bits per heavy atom. The van der Waals surface area contributed by atoms with E-state index in [0.717, 1.165) is 48.1 Å². The van der Waals surface area contributed by atoms with Gasteiger partial charge in [-0.2, -0.15) is 0 Å². The molecule has 1 saturated heterocycles. The molecule has 2 aromatic carbocycles. The third kappa shape index (κ3) is 3.63. The number of aromatic nitrogens is 1. The molecule has 0 unspecified atom stereocenters. The van der Waals surface area contributed by atoms with Crippen LogP contribution >= 0.6 is 0 Å². The zero-order chi connectivity index (χ0) is 19.5. The van der Waals surface area contributed by atoms with Crippen LogP contribution in [0.4, 0.5) is 0 Å². The Bertz CT molecular complexity index is 985. The standard InChI is InChI=1S/C24H24N2O2/c1-17-10-11-23(27)21(14-17)18-6-4-7-19(15-18)24(28)26-13-3-2-9-22(26)20-8-5-12-25-16-20/h4-8,10-12,14-16,22,27H,2-3,9,13H2,1H3/t22-/m0/s1. The molecule has 1 aliphatic rings. The van der Waals surface area contributed by atoms with Gasteiger partial charge in [0.25, 0.3) is 5.91 Å². The number of pyridine rings is 1. The lowest BCUT2D eigenvalue weighted by atomic mass is 9.94.